The van der Waals surface area contributed by atoms with E-state index in [2.05, 4.69) is 10.2 Å². The minimum absolute atomic E-state index is 0.197. The number of rotatable bonds is 2. The van der Waals surface area contributed by atoms with E-state index in [4.69, 9.17) is 0 Å². The number of fused-ring (bicyclic) bond motifs is 1. The van der Waals surface area contributed by atoms with Gasteiger partial charge in [-0.15, -0.1) is 5.11 Å². The van der Waals surface area contributed by atoms with Gasteiger partial charge in [0, 0.05) is 11.5 Å². The number of aryl methyl sites for hydroxylation is 1. The topological polar surface area (TPSA) is 45.0 Å². The monoisotopic (exact) mass is 262 g/mol. The Kier molecular flexibility index (Phi) is 3.17. The van der Waals surface area contributed by atoms with E-state index in [0.29, 0.717) is 5.69 Å². The first kappa shape index (κ1) is 12.4. The fourth-order valence-electron chi connectivity index (χ4n) is 2.14. The van der Waals surface area contributed by atoms with Gasteiger partial charge in [-0.1, -0.05) is 42.5 Å². The minimum Gasteiger partial charge on any atom is -0.508 e. The van der Waals surface area contributed by atoms with Crippen LogP contribution in [0.2, 0.25) is 0 Å². The van der Waals surface area contributed by atoms with Gasteiger partial charge in [-0.05, 0) is 30.0 Å². The van der Waals surface area contributed by atoms with Crippen LogP contribution in [0.3, 0.4) is 0 Å². The van der Waals surface area contributed by atoms with Crippen molar-refractivity contribution >= 4 is 22.1 Å². The Labute approximate surface area is 117 Å². The average molecular weight is 262 g/mol. The van der Waals surface area contributed by atoms with E-state index in [0.717, 1.165) is 22.0 Å². The van der Waals surface area contributed by atoms with E-state index in [1.807, 2.05) is 55.5 Å². The molecule has 20 heavy (non-hydrogen) atoms. The lowest BCUT2D eigenvalue weighted by Crippen LogP contribution is -1.75. The molecule has 0 amide bonds. The van der Waals surface area contributed by atoms with Crippen LogP contribution >= 0.6 is 0 Å². The third kappa shape index (κ3) is 2.38. The summed E-state index contributed by atoms with van der Waals surface area (Å²) in [5.41, 5.74) is 2.57. The summed E-state index contributed by atoms with van der Waals surface area (Å²) >= 11 is 0. The van der Waals surface area contributed by atoms with Crippen molar-refractivity contribution in [2.24, 2.45) is 10.2 Å². The third-order valence-corrected chi connectivity index (χ3v) is 3.21. The molecule has 0 spiro atoms. The Hall–Kier alpha value is -2.68. The van der Waals surface area contributed by atoms with E-state index in [9.17, 15) is 5.11 Å². The van der Waals surface area contributed by atoms with Crippen LogP contribution in [0.4, 0.5) is 11.4 Å². The van der Waals surface area contributed by atoms with Gasteiger partial charge in [0.25, 0.3) is 0 Å². The maximum absolute atomic E-state index is 9.76. The van der Waals surface area contributed by atoms with E-state index in [-0.39, 0.29) is 5.75 Å². The van der Waals surface area contributed by atoms with Crippen molar-refractivity contribution in [2.45, 2.75) is 6.92 Å². The number of hydrogen-bond donors (Lipinski definition) is 1. The van der Waals surface area contributed by atoms with E-state index in [1.165, 1.54) is 0 Å². The van der Waals surface area contributed by atoms with Crippen LogP contribution in [-0.2, 0) is 0 Å². The third-order valence-electron chi connectivity index (χ3n) is 3.21. The SMILES string of the molecule is Cc1ccccc1N=Nc1cc(O)cc2ccccc12. The summed E-state index contributed by atoms with van der Waals surface area (Å²) in [4.78, 5) is 0. The lowest BCUT2D eigenvalue weighted by atomic mass is 10.1. The van der Waals surface area contributed by atoms with Crippen LogP contribution in [0.5, 0.6) is 5.75 Å². The molecular weight excluding hydrogens is 248 g/mol. The van der Waals surface area contributed by atoms with Crippen molar-refractivity contribution in [2.75, 3.05) is 0 Å². The van der Waals surface area contributed by atoms with Gasteiger partial charge in [-0.25, -0.2) is 0 Å². The molecule has 0 bridgehead atoms. The average Bonchev–Trinajstić information content (AvgIpc) is 2.46. The van der Waals surface area contributed by atoms with Crippen LogP contribution < -0.4 is 0 Å². The maximum atomic E-state index is 9.76. The second-order valence-corrected chi connectivity index (χ2v) is 4.67. The predicted octanol–water partition coefficient (Wildman–Crippen LogP) is 5.27. The Morgan fingerprint density at radius 2 is 1.50 bits per heavy atom. The second-order valence-electron chi connectivity index (χ2n) is 4.67. The van der Waals surface area contributed by atoms with Gasteiger partial charge in [-0.2, -0.15) is 5.11 Å². The number of phenolic OH excluding ortho intramolecular Hbond substituents is 1. The highest BCUT2D eigenvalue weighted by Crippen LogP contribution is 2.32. The minimum atomic E-state index is 0.197. The summed E-state index contributed by atoms with van der Waals surface area (Å²) < 4.78 is 0. The molecule has 0 fully saturated rings. The highest BCUT2D eigenvalue weighted by atomic mass is 16.3. The van der Waals surface area contributed by atoms with Gasteiger partial charge >= 0.3 is 0 Å². The number of hydrogen-bond acceptors (Lipinski definition) is 3. The Morgan fingerprint density at radius 1 is 0.800 bits per heavy atom. The summed E-state index contributed by atoms with van der Waals surface area (Å²) in [5.74, 6) is 0.197. The van der Waals surface area contributed by atoms with E-state index < -0.39 is 0 Å². The smallest absolute Gasteiger partial charge is 0.118 e. The second kappa shape index (κ2) is 5.13. The Bertz CT molecular complexity index is 794. The fraction of sp³-hybridized carbons (Fsp3) is 0.0588. The zero-order chi connectivity index (χ0) is 13.9. The Morgan fingerprint density at radius 3 is 2.35 bits per heavy atom. The number of benzene rings is 3. The van der Waals surface area contributed by atoms with E-state index >= 15 is 0 Å². The summed E-state index contributed by atoms with van der Waals surface area (Å²) in [6.07, 6.45) is 0. The normalized spacial score (nSPS) is 11.2. The lowest BCUT2D eigenvalue weighted by Gasteiger charge is -2.03. The van der Waals surface area contributed by atoms with Crippen molar-refractivity contribution < 1.29 is 5.11 Å². The first-order valence-electron chi connectivity index (χ1n) is 6.43. The molecule has 0 saturated heterocycles. The molecule has 1 N–H and O–H groups in total. The molecule has 0 unspecified atom stereocenters. The maximum Gasteiger partial charge on any atom is 0.118 e. The quantitative estimate of drug-likeness (QED) is 0.628. The van der Waals surface area contributed by atoms with Crippen LogP contribution in [0.25, 0.3) is 10.8 Å². The standard InChI is InChI=1S/C17H14N2O/c1-12-6-2-5-9-16(12)18-19-17-11-14(20)10-13-7-3-4-8-15(13)17/h2-11,20H,1H3. The van der Waals surface area contributed by atoms with Crippen molar-refractivity contribution in [3.05, 3.63) is 66.2 Å². The first-order chi connectivity index (χ1) is 9.74. The molecule has 3 aromatic rings. The summed E-state index contributed by atoms with van der Waals surface area (Å²) in [5, 5.41) is 20.3. The van der Waals surface area contributed by atoms with Crippen molar-refractivity contribution in [1.82, 2.24) is 0 Å². The van der Waals surface area contributed by atoms with Gasteiger partial charge in [0.1, 0.15) is 5.75 Å². The van der Waals surface area contributed by atoms with Crippen LogP contribution in [0.1, 0.15) is 5.56 Å². The van der Waals surface area contributed by atoms with Gasteiger partial charge in [0.05, 0.1) is 11.4 Å². The molecule has 0 aliphatic heterocycles. The zero-order valence-corrected chi connectivity index (χ0v) is 11.1. The zero-order valence-electron chi connectivity index (χ0n) is 11.1. The van der Waals surface area contributed by atoms with Crippen LogP contribution in [0.15, 0.2) is 70.9 Å². The molecule has 0 radical (unpaired) electrons. The molecule has 3 nitrogen and oxygen atoms in total. The molecule has 0 heterocycles. The summed E-state index contributed by atoms with van der Waals surface area (Å²) in [7, 11) is 0. The number of aromatic hydroxyl groups is 1. The molecule has 0 aliphatic rings. The molecule has 3 rings (SSSR count). The number of nitrogens with zero attached hydrogens (tertiary/aromatic N) is 2. The Balaban J connectivity index is 2.09. The van der Waals surface area contributed by atoms with Crippen LogP contribution in [-0.4, -0.2) is 5.11 Å². The molecule has 0 aliphatic carbocycles. The van der Waals surface area contributed by atoms with Crippen molar-refractivity contribution in [3.63, 3.8) is 0 Å². The van der Waals surface area contributed by atoms with Gasteiger partial charge in [-0.3, -0.25) is 0 Å². The molecule has 0 aromatic heterocycles. The molecule has 0 atom stereocenters. The summed E-state index contributed by atoms with van der Waals surface area (Å²) in [6.45, 7) is 1.99. The fourth-order valence-corrected chi connectivity index (χ4v) is 2.14. The van der Waals surface area contributed by atoms with Crippen molar-refractivity contribution in [3.8, 4) is 5.75 Å². The molecule has 98 valence electrons. The molecule has 3 aromatic carbocycles. The highest BCUT2D eigenvalue weighted by Gasteiger charge is 2.03. The van der Waals surface area contributed by atoms with Gasteiger partial charge < -0.3 is 5.11 Å². The molecular formula is C17H14N2O. The van der Waals surface area contributed by atoms with E-state index in [1.54, 1.807) is 12.1 Å². The predicted molar refractivity (Wildman–Crippen MR) is 81.0 cm³/mol. The lowest BCUT2D eigenvalue weighted by molar-refractivity contribution is 0.476. The molecule has 0 saturated carbocycles. The van der Waals surface area contributed by atoms with Crippen LogP contribution in [0, 0.1) is 6.92 Å². The highest BCUT2D eigenvalue weighted by molar-refractivity contribution is 5.93. The summed E-state index contributed by atoms with van der Waals surface area (Å²) in [6, 6.07) is 19.0. The number of phenols is 1. The largest absolute Gasteiger partial charge is 0.508 e. The number of azo groups is 1. The first-order valence-corrected chi connectivity index (χ1v) is 6.43. The molecule has 3 heteroatoms. The van der Waals surface area contributed by atoms with Gasteiger partial charge in [0.2, 0.25) is 0 Å². The van der Waals surface area contributed by atoms with Crippen molar-refractivity contribution in [1.29, 1.82) is 0 Å². The van der Waals surface area contributed by atoms with Gasteiger partial charge in [0.15, 0.2) is 0 Å².